The molecule has 0 spiro atoms. The molecular weight excluding hydrogens is 286 g/mol. The lowest BCUT2D eigenvalue weighted by atomic mass is 10.1. The molecule has 0 fully saturated rings. The van der Waals surface area contributed by atoms with E-state index in [-0.39, 0.29) is 5.69 Å². The van der Waals surface area contributed by atoms with E-state index in [9.17, 15) is 13.6 Å². The number of nitrogens with one attached hydrogen (secondary N) is 2. The Morgan fingerprint density at radius 1 is 1.05 bits per heavy atom. The van der Waals surface area contributed by atoms with E-state index >= 15 is 0 Å². The summed E-state index contributed by atoms with van der Waals surface area (Å²) in [5, 5.41) is 4.86. The maximum absolute atomic E-state index is 13.4. The van der Waals surface area contributed by atoms with Gasteiger partial charge in [0.1, 0.15) is 11.6 Å². The lowest BCUT2D eigenvalue weighted by Crippen LogP contribution is -2.20. The van der Waals surface area contributed by atoms with Crippen LogP contribution < -0.4 is 10.6 Å². The molecule has 22 heavy (non-hydrogen) atoms. The van der Waals surface area contributed by atoms with Crippen molar-refractivity contribution in [2.75, 3.05) is 10.6 Å². The van der Waals surface area contributed by atoms with Gasteiger partial charge in [-0.25, -0.2) is 13.6 Å². The molecule has 5 heteroatoms. The van der Waals surface area contributed by atoms with E-state index in [0.717, 1.165) is 37.5 Å². The summed E-state index contributed by atoms with van der Waals surface area (Å²) in [6, 6.07) is 9.72. The topological polar surface area (TPSA) is 41.1 Å². The zero-order valence-corrected chi connectivity index (χ0v) is 12.3. The standard InChI is InChI=1S/C17H18F2N2O/c1-2-3-4-12-5-8-14(9-6-12)20-17(22)21-16-11-13(18)7-10-15(16)19/h5-11H,2-4H2,1H3,(H2,20,21,22). The number of hydrogen-bond acceptors (Lipinski definition) is 1. The molecular formula is C17H18F2N2O. The molecule has 0 radical (unpaired) electrons. The summed E-state index contributed by atoms with van der Waals surface area (Å²) >= 11 is 0. The van der Waals surface area contributed by atoms with Crippen LogP contribution >= 0.6 is 0 Å². The van der Waals surface area contributed by atoms with E-state index in [1.54, 1.807) is 12.1 Å². The van der Waals surface area contributed by atoms with Gasteiger partial charge in [0.05, 0.1) is 5.69 Å². The SMILES string of the molecule is CCCCc1ccc(NC(=O)Nc2cc(F)ccc2F)cc1. The van der Waals surface area contributed by atoms with Crippen LogP contribution in [0.25, 0.3) is 0 Å². The molecule has 2 aromatic carbocycles. The summed E-state index contributed by atoms with van der Waals surface area (Å²) in [6.07, 6.45) is 3.24. The average molecular weight is 304 g/mol. The minimum atomic E-state index is -0.688. The fourth-order valence-electron chi connectivity index (χ4n) is 2.01. The van der Waals surface area contributed by atoms with Gasteiger partial charge in [-0.05, 0) is 42.7 Å². The molecule has 0 saturated carbocycles. The Morgan fingerprint density at radius 3 is 2.45 bits per heavy atom. The molecule has 0 aliphatic rings. The highest BCUT2D eigenvalue weighted by molar-refractivity contribution is 5.99. The highest BCUT2D eigenvalue weighted by atomic mass is 19.1. The van der Waals surface area contributed by atoms with Crippen molar-refractivity contribution in [3.05, 3.63) is 59.7 Å². The van der Waals surface area contributed by atoms with Crippen molar-refractivity contribution in [3.8, 4) is 0 Å². The van der Waals surface area contributed by atoms with Crippen molar-refractivity contribution in [3.63, 3.8) is 0 Å². The van der Waals surface area contributed by atoms with Crippen LogP contribution in [0.15, 0.2) is 42.5 Å². The van der Waals surface area contributed by atoms with E-state index < -0.39 is 17.7 Å². The van der Waals surface area contributed by atoms with Crippen LogP contribution in [0.2, 0.25) is 0 Å². The number of urea groups is 1. The van der Waals surface area contributed by atoms with Gasteiger partial charge in [-0.2, -0.15) is 0 Å². The van der Waals surface area contributed by atoms with Crippen molar-refractivity contribution in [2.45, 2.75) is 26.2 Å². The molecule has 0 atom stereocenters. The van der Waals surface area contributed by atoms with Crippen LogP contribution in [0, 0.1) is 11.6 Å². The molecule has 0 saturated heterocycles. The summed E-state index contributed by atoms with van der Waals surface area (Å²) in [5.74, 6) is -1.30. The number of amides is 2. The molecule has 0 bridgehead atoms. The number of carbonyl (C=O) groups excluding carboxylic acids is 1. The predicted octanol–water partition coefficient (Wildman–Crippen LogP) is 4.95. The Labute approximate surface area is 128 Å². The number of hydrogen-bond donors (Lipinski definition) is 2. The zero-order chi connectivity index (χ0) is 15.9. The molecule has 116 valence electrons. The number of anilines is 2. The minimum Gasteiger partial charge on any atom is -0.308 e. The second kappa shape index (κ2) is 7.54. The molecule has 0 aliphatic carbocycles. The summed E-state index contributed by atoms with van der Waals surface area (Å²) in [6.45, 7) is 2.13. The largest absolute Gasteiger partial charge is 0.323 e. The first kappa shape index (κ1) is 15.9. The summed E-state index contributed by atoms with van der Waals surface area (Å²) < 4.78 is 26.5. The molecule has 0 aliphatic heterocycles. The third kappa shape index (κ3) is 4.55. The van der Waals surface area contributed by atoms with E-state index in [1.807, 2.05) is 12.1 Å². The molecule has 0 heterocycles. The number of aryl methyl sites for hydroxylation is 1. The fraction of sp³-hybridized carbons (Fsp3) is 0.235. The van der Waals surface area contributed by atoms with Gasteiger partial charge >= 0.3 is 6.03 Å². The van der Waals surface area contributed by atoms with Crippen molar-refractivity contribution in [1.82, 2.24) is 0 Å². The van der Waals surface area contributed by atoms with E-state index in [1.165, 1.54) is 5.56 Å². The minimum absolute atomic E-state index is 0.197. The fourth-order valence-corrected chi connectivity index (χ4v) is 2.01. The van der Waals surface area contributed by atoms with Crippen LogP contribution in [0.3, 0.4) is 0 Å². The molecule has 0 unspecified atom stereocenters. The quantitative estimate of drug-likeness (QED) is 0.806. The first-order valence-electron chi connectivity index (χ1n) is 7.20. The van der Waals surface area contributed by atoms with Gasteiger partial charge in [-0.15, -0.1) is 0 Å². The van der Waals surface area contributed by atoms with Crippen molar-refractivity contribution in [2.24, 2.45) is 0 Å². The number of unbranched alkanes of at least 4 members (excludes halogenated alkanes) is 1. The van der Waals surface area contributed by atoms with E-state index in [4.69, 9.17) is 0 Å². The average Bonchev–Trinajstić information content (AvgIpc) is 2.50. The highest BCUT2D eigenvalue weighted by Gasteiger charge is 2.08. The Hall–Kier alpha value is -2.43. The second-order valence-corrected chi connectivity index (χ2v) is 5.00. The third-order valence-electron chi connectivity index (χ3n) is 3.21. The lowest BCUT2D eigenvalue weighted by molar-refractivity contribution is 0.262. The Kier molecular flexibility index (Phi) is 5.47. The first-order valence-corrected chi connectivity index (χ1v) is 7.20. The number of carbonyl (C=O) groups is 1. The van der Waals surface area contributed by atoms with Crippen LogP contribution in [0.5, 0.6) is 0 Å². The second-order valence-electron chi connectivity index (χ2n) is 5.00. The van der Waals surface area contributed by atoms with Crippen molar-refractivity contribution in [1.29, 1.82) is 0 Å². The van der Waals surface area contributed by atoms with Gasteiger partial charge < -0.3 is 10.6 Å². The predicted molar refractivity (Wildman–Crippen MR) is 84.1 cm³/mol. The van der Waals surface area contributed by atoms with E-state index in [0.29, 0.717) is 5.69 Å². The van der Waals surface area contributed by atoms with Gasteiger partial charge in [-0.1, -0.05) is 25.5 Å². The maximum atomic E-state index is 13.4. The zero-order valence-electron chi connectivity index (χ0n) is 12.3. The van der Waals surface area contributed by atoms with Crippen LogP contribution in [-0.4, -0.2) is 6.03 Å². The maximum Gasteiger partial charge on any atom is 0.323 e. The summed E-state index contributed by atoms with van der Waals surface area (Å²) in [7, 11) is 0. The van der Waals surface area contributed by atoms with E-state index in [2.05, 4.69) is 17.6 Å². The normalized spacial score (nSPS) is 10.3. The third-order valence-corrected chi connectivity index (χ3v) is 3.21. The molecule has 2 aromatic rings. The molecule has 3 nitrogen and oxygen atoms in total. The van der Waals surface area contributed by atoms with Crippen molar-refractivity contribution >= 4 is 17.4 Å². The number of halogens is 2. The van der Waals surface area contributed by atoms with Crippen LogP contribution in [0.4, 0.5) is 25.0 Å². The van der Waals surface area contributed by atoms with Crippen LogP contribution in [0.1, 0.15) is 25.3 Å². The molecule has 2 amide bonds. The Morgan fingerprint density at radius 2 is 1.77 bits per heavy atom. The lowest BCUT2D eigenvalue weighted by Gasteiger charge is -2.09. The number of rotatable bonds is 5. The van der Waals surface area contributed by atoms with Gasteiger partial charge in [0, 0.05) is 11.8 Å². The highest BCUT2D eigenvalue weighted by Crippen LogP contribution is 2.16. The molecule has 0 aromatic heterocycles. The first-order chi connectivity index (χ1) is 10.6. The van der Waals surface area contributed by atoms with Crippen molar-refractivity contribution < 1.29 is 13.6 Å². The molecule has 2 N–H and O–H groups in total. The van der Waals surface area contributed by atoms with Gasteiger partial charge in [0.2, 0.25) is 0 Å². The van der Waals surface area contributed by atoms with Crippen LogP contribution in [-0.2, 0) is 6.42 Å². The van der Waals surface area contributed by atoms with Gasteiger partial charge in [0.25, 0.3) is 0 Å². The molecule has 2 rings (SSSR count). The number of benzene rings is 2. The van der Waals surface area contributed by atoms with Gasteiger partial charge in [-0.3, -0.25) is 0 Å². The smallest absolute Gasteiger partial charge is 0.308 e. The Balaban J connectivity index is 1.95. The monoisotopic (exact) mass is 304 g/mol. The summed E-state index contributed by atoms with van der Waals surface area (Å²) in [5.41, 5.74) is 1.59. The van der Waals surface area contributed by atoms with Gasteiger partial charge in [0.15, 0.2) is 0 Å². The summed E-state index contributed by atoms with van der Waals surface area (Å²) in [4.78, 5) is 11.8. The Bertz CT molecular complexity index is 642.